The molecule has 17 heavy (non-hydrogen) atoms. The molecule has 0 aromatic heterocycles. The van der Waals surface area contributed by atoms with E-state index in [2.05, 4.69) is 15.9 Å². The van der Waals surface area contributed by atoms with Crippen molar-refractivity contribution in [1.29, 1.82) is 0 Å². The molecule has 96 valence electrons. The van der Waals surface area contributed by atoms with Gasteiger partial charge in [-0.3, -0.25) is 0 Å². The smallest absolute Gasteiger partial charge is 0.161 e. The minimum Gasteiger partial charge on any atom is -0.490 e. The second kappa shape index (κ2) is 8.37. The zero-order valence-electron chi connectivity index (χ0n) is 10.4. The van der Waals surface area contributed by atoms with Gasteiger partial charge in [0, 0.05) is 11.9 Å². The molecule has 0 bridgehead atoms. The fraction of sp³-hybridized carbons (Fsp3) is 0.538. The lowest BCUT2D eigenvalue weighted by atomic mass is 10.2. The van der Waals surface area contributed by atoms with Gasteiger partial charge in [0.05, 0.1) is 13.2 Å². The van der Waals surface area contributed by atoms with Crippen LogP contribution in [0.5, 0.6) is 11.5 Å². The number of alkyl halides is 1. The summed E-state index contributed by atoms with van der Waals surface area (Å²) in [4.78, 5) is 0. The number of rotatable bonds is 8. The van der Waals surface area contributed by atoms with Crippen LogP contribution in [0.3, 0.4) is 0 Å². The molecule has 0 unspecified atom stereocenters. The van der Waals surface area contributed by atoms with Gasteiger partial charge >= 0.3 is 0 Å². The SMILES string of the molecule is CCOCCOc1ccc(CBr)cc1OCC. The Bertz CT molecular complexity index is 328. The Balaban J connectivity index is 2.62. The quantitative estimate of drug-likeness (QED) is 0.544. The van der Waals surface area contributed by atoms with E-state index >= 15 is 0 Å². The molecule has 0 aliphatic rings. The van der Waals surface area contributed by atoms with Gasteiger partial charge in [0.1, 0.15) is 6.61 Å². The van der Waals surface area contributed by atoms with E-state index in [9.17, 15) is 0 Å². The number of halogens is 1. The van der Waals surface area contributed by atoms with Crippen LogP contribution in [0, 0.1) is 0 Å². The second-order valence-corrected chi connectivity index (χ2v) is 3.95. The maximum atomic E-state index is 5.63. The number of benzene rings is 1. The van der Waals surface area contributed by atoms with E-state index < -0.39 is 0 Å². The van der Waals surface area contributed by atoms with Gasteiger partial charge < -0.3 is 14.2 Å². The predicted molar refractivity (Wildman–Crippen MR) is 72.2 cm³/mol. The number of hydrogen-bond acceptors (Lipinski definition) is 3. The van der Waals surface area contributed by atoms with Gasteiger partial charge in [0.25, 0.3) is 0 Å². The average molecular weight is 303 g/mol. The van der Waals surface area contributed by atoms with Crippen LogP contribution in [0.2, 0.25) is 0 Å². The van der Waals surface area contributed by atoms with Crippen molar-refractivity contribution in [2.45, 2.75) is 19.2 Å². The molecule has 1 aromatic rings. The topological polar surface area (TPSA) is 27.7 Å². The van der Waals surface area contributed by atoms with Crippen LogP contribution < -0.4 is 9.47 Å². The van der Waals surface area contributed by atoms with Crippen LogP contribution in [0.4, 0.5) is 0 Å². The zero-order chi connectivity index (χ0) is 12.5. The zero-order valence-corrected chi connectivity index (χ0v) is 12.0. The maximum Gasteiger partial charge on any atom is 0.161 e. The van der Waals surface area contributed by atoms with E-state index in [0.717, 1.165) is 16.8 Å². The van der Waals surface area contributed by atoms with Gasteiger partial charge in [-0.2, -0.15) is 0 Å². The molecule has 4 heteroatoms. The van der Waals surface area contributed by atoms with Crippen molar-refractivity contribution in [1.82, 2.24) is 0 Å². The normalized spacial score (nSPS) is 10.3. The van der Waals surface area contributed by atoms with E-state index in [1.165, 1.54) is 5.56 Å². The minimum absolute atomic E-state index is 0.543. The highest BCUT2D eigenvalue weighted by Crippen LogP contribution is 2.29. The van der Waals surface area contributed by atoms with E-state index in [1.807, 2.05) is 32.0 Å². The molecule has 0 aliphatic heterocycles. The Hall–Kier alpha value is -0.740. The van der Waals surface area contributed by atoms with Crippen LogP contribution in [0.1, 0.15) is 19.4 Å². The third-order valence-corrected chi connectivity index (χ3v) is 2.80. The lowest BCUT2D eigenvalue weighted by Crippen LogP contribution is -2.07. The van der Waals surface area contributed by atoms with Gasteiger partial charge in [-0.15, -0.1) is 0 Å². The van der Waals surface area contributed by atoms with E-state index in [4.69, 9.17) is 14.2 Å². The van der Waals surface area contributed by atoms with Gasteiger partial charge in [0.15, 0.2) is 11.5 Å². The van der Waals surface area contributed by atoms with Crippen molar-refractivity contribution in [2.24, 2.45) is 0 Å². The molecule has 0 fully saturated rings. The van der Waals surface area contributed by atoms with Crippen molar-refractivity contribution in [3.8, 4) is 11.5 Å². The second-order valence-electron chi connectivity index (χ2n) is 3.39. The van der Waals surface area contributed by atoms with E-state index in [1.54, 1.807) is 0 Å². The van der Waals surface area contributed by atoms with Gasteiger partial charge in [0.2, 0.25) is 0 Å². The van der Waals surface area contributed by atoms with Crippen molar-refractivity contribution < 1.29 is 14.2 Å². The summed E-state index contributed by atoms with van der Waals surface area (Å²) in [6.45, 7) is 6.42. The molecule has 1 rings (SSSR count). The summed E-state index contributed by atoms with van der Waals surface area (Å²) in [5.41, 5.74) is 1.17. The van der Waals surface area contributed by atoms with Crippen molar-refractivity contribution >= 4 is 15.9 Å². The molecule has 0 saturated heterocycles. The summed E-state index contributed by atoms with van der Waals surface area (Å²) in [5.74, 6) is 1.57. The molecule has 1 aromatic carbocycles. The molecule has 0 heterocycles. The molecular weight excluding hydrogens is 284 g/mol. The lowest BCUT2D eigenvalue weighted by molar-refractivity contribution is 0.108. The van der Waals surface area contributed by atoms with E-state index in [0.29, 0.717) is 26.4 Å². The summed E-state index contributed by atoms with van der Waals surface area (Å²) in [6.07, 6.45) is 0. The van der Waals surface area contributed by atoms with Crippen molar-refractivity contribution in [3.05, 3.63) is 23.8 Å². The standard InChI is InChI=1S/C13H19BrO3/c1-3-15-7-8-17-12-6-5-11(10-14)9-13(12)16-4-2/h5-6,9H,3-4,7-8,10H2,1-2H3. The van der Waals surface area contributed by atoms with Crippen LogP contribution in [-0.2, 0) is 10.1 Å². The van der Waals surface area contributed by atoms with Crippen LogP contribution in [-0.4, -0.2) is 26.4 Å². The summed E-state index contributed by atoms with van der Waals surface area (Å²) in [6, 6.07) is 5.95. The highest BCUT2D eigenvalue weighted by atomic mass is 79.9. The predicted octanol–water partition coefficient (Wildman–Crippen LogP) is 3.40. The summed E-state index contributed by atoms with van der Waals surface area (Å²) in [5, 5.41) is 0.812. The molecule has 0 N–H and O–H groups in total. The summed E-state index contributed by atoms with van der Waals surface area (Å²) >= 11 is 3.42. The molecule has 0 spiro atoms. The average Bonchev–Trinajstić information content (AvgIpc) is 2.36. The Morgan fingerprint density at radius 3 is 2.47 bits per heavy atom. The Labute approximate surface area is 111 Å². The first-order chi connectivity index (χ1) is 8.31. The van der Waals surface area contributed by atoms with Gasteiger partial charge in [-0.25, -0.2) is 0 Å². The van der Waals surface area contributed by atoms with Gasteiger partial charge in [-0.1, -0.05) is 22.0 Å². The first-order valence-electron chi connectivity index (χ1n) is 5.84. The molecule has 0 amide bonds. The minimum atomic E-state index is 0.543. The summed E-state index contributed by atoms with van der Waals surface area (Å²) in [7, 11) is 0. The van der Waals surface area contributed by atoms with E-state index in [-0.39, 0.29) is 0 Å². The van der Waals surface area contributed by atoms with Crippen molar-refractivity contribution in [3.63, 3.8) is 0 Å². The summed E-state index contributed by atoms with van der Waals surface area (Å²) < 4.78 is 16.4. The van der Waals surface area contributed by atoms with Gasteiger partial charge in [-0.05, 0) is 31.5 Å². The highest BCUT2D eigenvalue weighted by molar-refractivity contribution is 9.08. The Morgan fingerprint density at radius 1 is 1.00 bits per heavy atom. The first-order valence-corrected chi connectivity index (χ1v) is 6.96. The molecule has 0 saturated carbocycles. The third-order valence-electron chi connectivity index (χ3n) is 2.15. The highest BCUT2D eigenvalue weighted by Gasteiger charge is 2.05. The fourth-order valence-electron chi connectivity index (χ4n) is 1.38. The lowest BCUT2D eigenvalue weighted by Gasteiger charge is -2.12. The maximum absolute atomic E-state index is 5.63. The van der Waals surface area contributed by atoms with Crippen LogP contribution in [0.15, 0.2) is 18.2 Å². The van der Waals surface area contributed by atoms with Crippen LogP contribution in [0.25, 0.3) is 0 Å². The first kappa shape index (κ1) is 14.3. The number of hydrogen-bond donors (Lipinski definition) is 0. The molecular formula is C13H19BrO3. The molecule has 0 radical (unpaired) electrons. The molecule has 3 nitrogen and oxygen atoms in total. The van der Waals surface area contributed by atoms with Crippen molar-refractivity contribution in [2.75, 3.05) is 26.4 Å². The molecule has 0 atom stereocenters. The van der Waals surface area contributed by atoms with Crippen LogP contribution >= 0.6 is 15.9 Å². The third kappa shape index (κ3) is 4.96. The Kier molecular flexibility index (Phi) is 7.05. The monoisotopic (exact) mass is 302 g/mol. The number of ether oxygens (including phenoxy) is 3. The Morgan fingerprint density at radius 2 is 1.82 bits per heavy atom. The fourth-order valence-corrected chi connectivity index (χ4v) is 1.73. The largest absolute Gasteiger partial charge is 0.490 e. The molecule has 0 aliphatic carbocycles.